The van der Waals surface area contributed by atoms with Crippen LogP contribution in [0.25, 0.3) is 0 Å². The fourth-order valence-corrected chi connectivity index (χ4v) is 0. The van der Waals surface area contributed by atoms with E-state index in [4.69, 9.17) is 0 Å². The van der Waals surface area contributed by atoms with Crippen LogP contribution in [0, 0.1) is 45.2 Å². The molecule has 0 rings (SSSR count). The smallest absolute Gasteiger partial charge is 0.613 e. The minimum Gasteiger partial charge on any atom is -0.613 e. The van der Waals surface area contributed by atoms with Gasteiger partial charge in [-0.25, -0.2) is 0 Å². The second-order valence-electron chi connectivity index (χ2n) is 0.856. The fraction of sp³-hybridized carbons (Fsp3) is 0.600. The standard InChI is InChI=1S/C3H7N.C2H6.U/c1-4(2)3;1-2;/h1-2H2,3H3;1-2H3;/q-2;;+2. The van der Waals surface area contributed by atoms with E-state index in [1.165, 1.54) is 4.90 Å². The Kier molecular flexibility index (Phi) is 35.3. The third kappa shape index (κ3) is 172. The van der Waals surface area contributed by atoms with Crippen molar-refractivity contribution in [1.82, 2.24) is 4.90 Å². The SMILES string of the molecule is CC.[CH2-]N([CH2-])C.[U+2]. The van der Waals surface area contributed by atoms with Crippen LogP contribution in [0.4, 0.5) is 0 Å². The van der Waals surface area contributed by atoms with Gasteiger partial charge in [0.05, 0.1) is 0 Å². The van der Waals surface area contributed by atoms with E-state index in [0.717, 1.165) is 0 Å². The summed E-state index contributed by atoms with van der Waals surface area (Å²) in [6.45, 7) is 4.00. The van der Waals surface area contributed by atoms with Gasteiger partial charge in [0.1, 0.15) is 0 Å². The largest absolute Gasteiger partial charge is 2.00 e. The maximum Gasteiger partial charge on any atom is 2.00 e. The average Bonchev–Trinajstić information content (AvgIpc) is 1.41. The quantitative estimate of drug-likeness (QED) is 0.611. The average molecular weight is 325 g/mol. The Labute approximate surface area is 70.8 Å². The van der Waals surface area contributed by atoms with Gasteiger partial charge < -0.3 is 19.0 Å². The van der Waals surface area contributed by atoms with E-state index in [9.17, 15) is 0 Å². The van der Waals surface area contributed by atoms with E-state index in [0.29, 0.717) is 0 Å². The van der Waals surface area contributed by atoms with E-state index >= 15 is 0 Å². The number of hydrogen-bond donors (Lipinski definition) is 0. The minimum atomic E-state index is 0. The number of hydrogen-bond acceptors (Lipinski definition) is 1. The molecule has 0 atom stereocenters. The van der Waals surface area contributed by atoms with Gasteiger partial charge in [-0.3, -0.25) is 0 Å². The molecular formula is C5H13NU. The molecule has 0 amide bonds. The van der Waals surface area contributed by atoms with Crippen molar-refractivity contribution >= 4 is 0 Å². The van der Waals surface area contributed by atoms with Crippen molar-refractivity contribution < 1.29 is 31.1 Å². The molecule has 0 aromatic heterocycles. The summed E-state index contributed by atoms with van der Waals surface area (Å²) in [7, 11) is 8.50. The van der Waals surface area contributed by atoms with Crippen LogP contribution >= 0.6 is 0 Å². The van der Waals surface area contributed by atoms with Crippen LogP contribution in [-0.4, -0.2) is 11.9 Å². The monoisotopic (exact) mass is 325 g/mol. The molecule has 7 heavy (non-hydrogen) atoms. The topological polar surface area (TPSA) is 3.24 Å². The molecule has 0 aliphatic heterocycles. The van der Waals surface area contributed by atoms with E-state index < -0.39 is 0 Å². The van der Waals surface area contributed by atoms with E-state index in [2.05, 4.69) is 14.1 Å². The van der Waals surface area contributed by atoms with Crippen molar-refractivity contribution in [2.24, 2.45) is 0 Å². The molecule has 0 aromatic rings. The first-order chi connectivity index (χ1) is 2.73. The van der Waals surface area contributed by atoms with Crippen molar-refractivity contribution in [2.45, 2.75) is 13.8 Å². The second kappa shape index (κ2) is 15.7. The molecule has 1 nitrogen and oxygen atoms in total. The Hall–Kier alpha value is 1.01. The van der Waals surface area contributed by atoms with Crippen LogP contribution < -0.4 is 0 Å². The van der Waals surface area contributed by atoms with E-state index in [-0.39, 0.29) is 31.1 Å². The van der Waals surface area contributed by atoms with Gasteiger partial charge in [-0.05, 0) is 0 Å². The summed E-state index contributed by atoms with van der Waals surface area (Å²) in [4.78, 5) is 1.50. The molecule has 0 aliphatic carbocycles. The van der Waals surface area contributed by atoms with E-state index in [1.807, 2.05) is 13.8 Å². The van der Waals surface area contributed by atoms with Crippen LogP contribution in [-0.2, 0) is 0 Å². The van der Waals surface area contributed by atoms with Crippen molar-refractivity contribution in [3.05, 3.63) is 14.1 Å². The molecule has 0 aliphatic rings. The summed E-state index contributed by atoms with van der Waals surface area (Å²) < 4.78 is 0. The summed E-state index contributed by atoms with van der Waals surface area (Å²) in [5.74, 6) is 0. The van der Waals surface area contributed by atoms with Crippen LogP contribution in [0.2, 0.25) is 0 Å². The van der Waals surface area contributed by atoms with Gasteiger partial charge in [-0.2, -0.15) is 0 Å². The minimum absolute atomic E-state index is 0. The molecule has 0 N–H and O–H groups in total. The first-order valence-electron chi connectivity index (χ1n) is 2.08. The van der Waals surface area contributed by atoms with Crippen molar-refractivity contribution in [2.75, 3.05) is 7.05 Å². The van der Waals surface area contributed by atoms with Crippen molar-refractivity contribution in [3.63, 3.8) is 0 Å². The molecule has 0 heterocycles. The van der Waals surface area contributed by atoms with Gasteiger partial charge in [0.15, 0.2) is 0 Å². The number of rotatable bonds is 0. The molecule has 0 aromatic carbocycles. The summed E-state index contributed by atoms with van der Waals surface area (Å²) in [6.07, 6.45) is 0. The van der Waals surface area contributed by atoms with Gasteiger partial charge in [0.25, 0.3) is 0 Å². The first-order valence-corrected chi connectivity index (χ1v) is 2.08. The number of nitrogens with zero attached hydrogens (tertiary/aromatic N) is 1. The van der Waals surface area contributed by atoms with Gasteiger partial charge in [0, 0.05) is 0 Å². The molecule has 0 saturated heterocycles. The molecular weight excluding hydrogens is 312 g/mol. The molecule has 0 fully saturated rings. The summed E-state index contributed by atoms with van der Waals surface area (Å²) in [5, 5.41) is 0. The van der Waals surface area contributed by atoms with Crippen LogP contribution in [0.5, 0.6) is 0 Å². The zero-order chi connectivity index (χ0) is 5.58. The molecule has 0 unspecified atom stereocenters. The molecule has 0 bridgehead atoms. The Morgan fingerprint density at radius 1 is 1.14 bits per heavy atom. The Bertz CT molecular complexity index is 12.8. The predicted molar refractivity (Wildman–Crippen MR) is 29.8 cm³/mol. The molecule has 0 saturated carbocycles. The Morgan fingerprint density at radius 3 is 1.14 bits per heavy atom. The van der Waals surface area contributed by atoms with Gasteiger partial charge in [-0.1, -0.05) is 20.9 Å². The maximum absolute atomic E-state index is 3.36. The zero-order valence-corrected chi connectivity index (χ0v) is 9.53. The predicted octanol–water partition coefficient (Wildman–Crippen LogP) is 1.53. The third-order valence-corrected chi connectivity index (χ3v) is 0. The summed E-state index contributed by atoms with van der Waals surface area (Å²) in [5.41, 5.74) is 0. The molecule has 42 valence electrons. The zero-order valence-electron chi connectivity index (χ0n) is 5.36. The van der Waals surface area contributed by atoms with Crippen LogP contribution in [0.15, 0.2) is 0 Å². The normalized spacial score (nSPS) is 6.00. The summed E-state index contributed by atoms with van der Waals surface area (Å²) >= 11 is 0. The van der Waals surface area contributed by atoms with Crippen molar-refractivity contribution in [1.29, 1.82) is 0 Å². The fourth-order valence-electron chi connectivity index (χ4n) is 0. The Balaban J connectivity index is -0.0000000480. The third-order valence-electron chi connectivity index (χ3n) is 0. The second-order valence-corrected chi connectivity index (χ2v) is 0.856. The molecule has 0 spiro atoms. The van der Waals surface area contributed by atoms with Crippen LogP contribution in [0.1, 0.15) is 13.8 Å². The van der Waals surface area contributed by atoms with Gasteiger partial charge >= 0.3 is 31.1 Å². The molecule has 2 heteroatoms. The van der Waals surface area contributed by atoms with Gasteiger partial charge in [0.2, 0.25) is 0 Å². The van der Waals surface area contributed by atoms with Gasteiger partial charge in [-0.15, -0.1) is 0 Å². The van der Waals surface area contributed by atoms with Crippen LogP contribution in [0.3, 0.4) is 0 Å². The Morgan fingerprint density at radius 2 is 1.14 bits per heavy atom. The molecule has 0 radical (unpaired) electrons. The summed E-state index contributed by atoms with van der Waals surface area (Å²) in [6, 6.07) is 0. The van der Waals surface area contributed by atoms with Crippen molar-refractivity contribution in [3.8, 4) is 0 Å². The first kappa shape index (κ1) is 15.7. The maximum atomic E-state index is 3.36. The van der Waals surface area contributed by atoms with E-state index in [1.54, 1.807) is 7.05 Å².